The van der Waals surface area contributed by atoms with E-state index in [1.807, 2.05) is 25.1 Å². The smallest absolute Gasteiger partial charge is 0.191 e. The van der Waals surface area contributed by atoms with Crippen LogP contribution in [0.3, 0.4) is 0 Å². The van der Waals surface area contributed by atoms with Crippen LogP contribution in [0.2, 0.25) is 0 Å². The van der Waals surface area contributed by atoms with E-state index in [9.17, 15) is 4.39 Å². The second kappa shape index (κ2) is 11.0. The Morgan fingerprint density at radius 3 is 2.50 bits per heavy atom. The second-order valence-corrected chi connectivity index (χ2v) is 6.10. The fourth-order valence-corrected chi connectivity index (χ4v) is 2.61. The molecule has 1 unspecified atom stereocenters. The molecule has 0 fully saturated rings. The fourth-order valence-electron chi connectivity index (χ4n) is 2.61. The van der Waals surface area contributed by atoms with Gasteiger partial charge in [-0.15, -0.1) is 0 Å². The predicted molar refractivity (Wildman–Crippen MR) is 109 cm³/mol. The first-order valence-corrected chi connectivity index (χ1v) is 9.17. The van der Waals surface area contributed by atoms with Crippen LogP contribution >= 0.6 is 0 Å². The van der Waals surface area contributed by atoms with Crippen molar-refractivity contribution in [1.82, 2.24) is 10.6 Å². The Bertz CT molecular complexity index is 783. The van der Waals surface area contributed by atoms with E-state index in [-0.39, 0.29) is 11.9 Å². The van der Waals surface area contributed by atoms with Crippen molar-refractivity contribution in [1.29, 1.82) is 0 Å². The summed E-state index contributed by atoms with van der Waals surface area (Å²) < 4.78 is 29.7. The normalized spacial score (nSPS) is 12.2. The number of ether oxygens (including phenoxy) is 3. The first-order chi connectivity index (χ1) is 13.6. The molecule has 152 valence electrons. The topological polar surface area (TPSA) is 64.1 Å². The lowest BCUT2D eigenvalue weighted by molar-refractivity contribution is 0.199. The van der Waals surface area contributed by atoms with E-state index in [2.05, 4.69) is 15.6 Å². The second-order valence-electron chi connectivity index (χ2n) is 6.10. The maximum absolute atomic E-state index is 13.3. The lowest BCUT2D eigenvalue weighted by Crippen LogP contribution is -2.42. The Labute approximate surface area is 165 Å². The third-order valence-corrected chi connectivity index (χ3v) is 4.18. The van der Waals surface area contributed by atoms with Crippen molar-refractivity contribution in [3.05, 3.63) is 53.8 Å². The van der Waals surface area contributed by atoms with Crippen LogP contribution in [0.25, 0.3) is 0 Å². The Kier molecular flexibility index (Phi) is 8.39. The van der Waals surface area contributed by atoms with Crippen LogP contribution < -0.4 is 24.8 Å². The zero-order valence-corrected chi connectivity index (χ0v) is 16.8. The number of nitrogens with zero attached hydrogens (tertiary/aromatic N) is 1. The monoisotopic (exact) mass is 389 g/mol. The maximum atomic E-state index is 13.3. The van der Waals surface area contributed by atoms with Crippen molar-refractivity contribution in [2.75, 3.05) is 27.8 Å². The number of hydrogen-bond acceptors (Lipinski definition) is 4. The highest BCUT2D eigenvalue weighted by atomic mass is 19.1. The molecule has 0 aliphatic carbocycles. The minimum absolute atomic E-state index is 0.110. The van der Waals surface area contributed by atoms with Gasteiger partial charge in [0.25, 0.3) is 0 Å². The average Bonchev–Trinajstić information content (AvgIpc) is 2.72. The van der Waals surface area contributed by atoms with Crippen LogP contribution in [-0.4, -0.2) is 39.9 Å². The van der Waals surface area contributed by atoms with E-state index in [1.54, 1.807) is 33.4 Å². The molecular formula is C21H28FN3O3. The van der Waals surface area contributed by atoms with Crippen LogP contribution in [0.5, 0.6) is 17.2 Å². The van der Waals surface area contributed by atoms with Crippen LogP contribution in [0.1, 0.15) is 18.9 Å². The van der Waals surface area contributed by atoms with Crippen LogP contribution in [0, 0.1) is 5.82 Å². The van der Waals surface area contributed by atoms with E-state index in [0.29, 0.717) is 36.3 Å². The Morgan fingerprint density at radius 1 is 1.07 bits per heavy atom. The zero-order valence-electron chi connectivity index (χ0n) is 16.8. The predicted octanol–water partition coefficient (Wildman–Crippen LogP) is 3.37. The summed E-state index contributed by atoms with van der Waals surface area (Å²) in [4.78, 5) is 4.23. The molecule has 0 heterocycles. The van der Waals surface area contributed by atoms with Gasteiger partial charge in [0.05, 0.1) is 20.8 Å². The van der Waals surface area contributed by atoms with Gasteiger partial charge >= 0.3 is 0 Å². The van der Waals surface area contributed by atoms with Crippen LogP contribution in [0.4, 0.5) is 4.39 Å². The zero-order chi connectivity index (χ0) is 20.4. The number of methoxy groups -OCH3 is 2. The highest BCUT2D eigenvalue weighted by Gasteiger charge is 2.10. The molecule has 0 spiro atoms. The molecule has 28 heavy (non-hydrogen) atoms. The fraction of sp³-hybridized carbons (Fsp3) is 0.381. The molecule has 6 nitrogen and oxygen atoms in total. The summed E-state index contributed by atoms with van der Waals surface area (Å²) in [5, 5.41) is 6.49. The van der Waals surface area contributed by atoms with Crippen molar-refractivity contribution >= 4 is 5.96 Å². The van der Waals surface area contributed by atoms with Crippen LogP contribution in [-0.2, 0) is 6.54 Å². The van der Waals surface area contributed by atoms with E-state index >= 15 is 0 Å². The van der Waals surface area contributed by atoms with Gasteiger partial charge in [-0.1, -0.05) is 19.1 Å². The summed E-state index contributed by atoms with van der Waals surface area (Å²) in [6.07, 6.45) is 0.664. The summed E-state index contributed by atoms with van der Waals surface area (Å²) in [5.41, 5.74) is 1.03. The molecule has 2 N–H and O–H groups in total. The highest BCUT2D eigenvalue weighted by Crippen LogP contribution is 2.27. The van der Waals surface area contributed by atoms with Crippen molar-refractivity contribution in [3.8, 4) is 17.2 Å². The minimum atomic E-state index is -0.312. The van der Waals surface area contributed by atoms with E-state index < -0.39 is 0 Å². The molecule has 0 saturated carbocycles. The van der Waals surface area contributed by atoms with E-state index in [4.69, 9.17) is 14.2 Å². The van der Waals surface area contributed by atoms with Crippen molar-refractivity contribution < 1.29 is 18.6 Å². The van der Waals surface area contributed by atoms with Gasteiger partial charge in [0.15, 0.2) is 17.5 Å². The first-order valence-electron chi connectivity index (χ1n) is 9.17. The summed E-state index contributed by atoms with van der Waals surface area (Å²) in [5.74, 6) is 2.22. The quantitative estimate of drug-likeness (QED) is 0.509. The van der Waals surface area contributed by atoms with Gasteiger partial charge in [0.2, 0.25) is 0 Å². The maximum Gasteiger partial charge on any atom is 0.191 e. The molecular weight excluding hydrogens is 361 g/mol. The number of aliphatic imine (C=N–C) groups is 1. The molecule has 0 saturated heterocycles. The molecule has 0 radical (unpaired) electrons. The summed E-state index contributed by atoms with van der Waals surface area (Å²) in [6.45, 7) is 3.13. The molecule has 7 heteroatoms. The first kappa shape index (κ1) is 21.3. The molecule has 0 bridgehead atoms. The van der Waals surface area contributed by atoms with Crippen molar-refractivity contribution in [2.24, 2.45) is 4.99 Å². The Hall–Kier alpha value is -2.96. The number of nitrogens with one attached hydrogen (secondary N) is 2. The molecule has 1 atom stereocenters. The van der Waals surface area contributed by atoms with Crippen LogP contribution in [0.15, 0.2) is 47.5 Å². The van der Waals surface area contributed by atoms with Gasteiger partial charge in [0, 0.05) is 19.7 Å². The third-order valence-electron chi connectivity index (χ3n) is 4.18. The van der Waals surface area contributed by atoms with Gasteiger partial charge in [-0.05, 0) is 36.2 Å². The molecule has 0 aromatic heterocycles. The van der Waals surface area contributed by atoms with Gasteiger partial charge in [0.1, 0.15) is 17.7 Å². The molecule has 0 aliphatic rings. The number of rotatable bonds is 9. The number of benzene rings is 2. The Morgan fingerprint density at radius 2 is 1.86 bits per heavy atom. The van der Waals surface area contributed by atoms with E-state index in [1.165, 1.54) is 12.1 Å². The van der Waals surface area contributed by atoms with Gasteiger partial charge in [-0.25, -0.2) is 4.39 Å². The molecule has 2 rings (SSSR count). The van der Waals surface area contributed by atoms with Crippen molar-refractivity contribution in [2.45, 2.75) is 26.0 Å². The molecule has 0 aliphatic heterocycles. The average molecular weight is 389 g/mol. The van der Waals surface area contributed by atoms with Gasteiger partial charge in [-0.3, -0.25) is 4.99 Å². The summed E-state index contributed by atoms with van der Waals surface area (Å²) in [6, 6.07) is 11.9. The largest absolute Gasteiger partial charge is 0.493 e. The lowest BCUT2D eigenvalue weighted by atomic mass is 10.2. The number of hydrogen-bond donors (Lipinski definition) is 2. The minimum Gasteiger partial charge on any atom is -0.493 e. The number of halogens is 1. The summed E-state index contributed by atoms with van der Waals surface area (Å²) in [7, 11) is 4.93. The summed E-state index contributed by atoms with van der Waals surface area (Å²) >= 11 is 0. The Balaban J connectivity index is 1.88. The number of guanidine groups is 1. The standard InChI is InChI=1S/C21H28FN3O3/c1-5-17(28-18-8-6-7-16(22)12-18)14-25-21(23-2)24-13-15-9-10-19(26-3)20(11-15)27-4/h6-12,17H,5,13-14H2,1-4H3,(H2,23,24,25). The van der Waals surface area contributed by atoms with E-state index in [0.717, 1.165) is 12.0 Å². The molecule has 2 aromatic carbocycles. The highest BCUT2D eigenvalue weighted by molar-refractivity contribution is 5.79. The lowest BCUT2D eigenvalue weighted by Gasteiger charge is -2.20. The SMILES string of the molecule is CCC(CNC(=NC)NCc1ccc(OC)c(OC)c1)Oc1cccc(F)c1. The third kappa shape index (κ3) is 6.33. The van der Waals surface area contributed by atoms with Gasteiger partial charge in [-0.2, -0.15) is 0 Å². The molecule has 0 amide bonds. The molecule has 2 aromatic rings. The van der Waals surface area contributed by atoms with Gasteiger partial charge < -0.3 is 24.8 Å². The van der Waals surface area contributed by atoms with Crippen molar-refractivity contribution in [3.63, 3.8) is 0 Å².